The molecule has 2 unspecified atom stereocenters. The number of nitrogens with zero attached hydrogens (tertiary/aromatic N) is 3. The Morgan fingerprint density at radius 3 is 2.43 bits per heavy atom. The van der Waals surface area contributed by atoms with Crippen LogP contribution in [-0.2, 0) is 32.8 Å². The van der Waals surface area contributed by atoms with E-state index in [1.54, 1.807) is 27.9 Å². The average molecular weight is 384 g/mol. The van der Waals surface area contributed by atoms with Crippen molar-refractivity contribution < 1.29 is 40.8 Å². The second kappa shape index (κ2) is 7.16. The van der Waals surface area contributed by atoms with Crippen LogP contribution in [0.25, 0.3) is 0 Å². The van der Waals surface area contributed by atoms with Crippen molar-refractivity contribution in [2.45, 2.75) is 32.2 Å². The van der Waals surface area contributed by atoms with E-state index in [2.05, 4.69) is 5.16 Å². The Bertz CT molecular complexity index is 641. The Labute approximate surface area is 144 Å². The van der Waals surface area contributed by atoms with Crippen LogP contribution < -0.4 is 21.5 Å². The average Bonchev–Trinajstić information content (AvgIpc) is 3.01. The van der Waals surface area contributed by atoms with E-state index in [4.69, 9.17) is 4.84 Å². The van der Waals surface area contributed by atoms with Gasteiger partial charge in [-0.05, 0) is 12.8 Å². The summed E-state index contributed by atoms with van der Waals surface area (Å²) < 4.78 is 3.41. The van der Waals surface area contributed by atoms with E-state index in [-0.39, 0.29) is 52.6 Å². The summed E-state index contributed by atoms with van der Waals surface area (Å²) in [6.07, 6.45) is 8.58. The van der Waals surface area contributed by atoms with Gasteiger partial charge in [0.1, 0.15) is 12.4 Å². The summed E-state index contributed by atoms with van der Waals surface area (Å²) in [6, 6.07) is 0. The fraction of sp³-hybridized carbons (Fsp3) is 0.533. The quantitative estimate of drug-likeness (QED) is 0.320. The third-order valence-electron chi connectivity index (χ3n) is 4.28. The van der Waals surface area contributed by atoms with Gasteiger partial charge in [0, 0.05) is 11.8 Å². The molecule has 0 bridgehead atoms. The van der Waals surface area contributed by atoms with E-state index in [0.717, 1.165) is 25.7 Å². The maximum atomic E-state index is 12.2. The van der Waals surface area contributed by atoms with Crippen molar-refractivity contribution in [1.29, 1.82) is 0 Å². The normalized spacial score (nSPS) is 23.3. The maximum Gasteiger partial charge on any atom is 0.376 e. The zero-order valence-corrected chi connectivity index (χ0v) is 14.4. The van der Waals surface area contributed by atoms with E-state index in [0.29, 0.717) is 0 Å². The lowest BCUT2D eigenvalue weighted by Crippen LogP contribution is -3.00. The Morgan fingerprint density at radius 1 is 1.30 bits per heavy atom. The molecule has 0 aromatic carbocycles. The molecule has 0 spiro atoms. The van der Waals surface area contributed by atoms with Gasteiger partial charge in [-0.1, -0.05) is 18.0 Å². The highest BCUT2D eigenvalue weighted by Crippen LogP contribution is 2.36. The Kier molecular flexibility index (Phi) is 5.46. The Morgan fingerprint density at radius 2 is 1.91 bits per heavy atom. The third-order valence-corrected chi connectivity index (χ3v) is 4.28. The summed E-state index contributed by atoms with van der Waals surface area (Å²) in [5.41, 5.74) is -0.191. The van der Waals surface area contributed by atoms with E-state index in [9.17, 15) is 14.4 Å². The molecule has 8 heteroatoms. The number of rotatable bonds is 3. The van der Waals surface area contributed by atoms with Crippen molar-refractivity contribution in [1.82, 2.24) is 4.57 Å². The van der Waals surface area contributed by atoms with E-state index in [1.807, 2.05) is 7.05 Å². The molecule has 2 aliphatic carbocycles. The number of aromatic nitrogens is 2. The number of oxime groups is 1. The first-order valence-electron chi connectivity index (χ1n) is 7.43. The fourth-order valence-corrected chi connectivity index (χ4v) is 3.19. The van der Waals surface area contributed by atoms with Crippen molar-refractivity contribution >= 4 is 23.2 Å². The highest BCUT2D eigenvalue weighted by Gasteiger charge is 2.48. The molecule has 124 valence electrons. The zero-order valence-electron chi connectivity index (χ0n) is 12.8. The summed E-state index contributed by atoms with van der Waals surface area (Å²) in [5.74, 6) is -1.67. The second-order valence-electron chi connectivity index (χ2n) is 5.88. The highest BCUT2D eigenvalue weighted by molar-refractivity contribution is 6.70. The van der Waals surface area contributed by atoms with Gasteiger partial charge in [-0.2, -0.15) is 0 Å². The minimum Gasteiger partial charge on any atom is -1.00 e. The number of Topliss-reactive ketones (excluding diaryl/α,β-unsaturated/α-hetero) is 2. The van der Waals surface area contributed by atoms with Gasteiger partial charge in [-0.15, -0.1) is 0 Å². The number of carbonyl (C=O) groups is 3. The lowest BCUT2D eigenvalue weighted by atomic mass is 9.81. The molecular formula is C15H18BrN3O4. The van der Waals surface area contributed by atoms with Gasteiger partial charge in [0.2, 0.25) is 6.33 Å². The molecule has 7 nitrogen and oxygen atoms in total. The largest absolute Gasteiger partial charge is 1.00 e. The molecule has 0 saturated heterocycles. The van der Waals surface area contributed by atoms with Gasteiger partial charge >= 0.3 is 5.97 Å². The molecule has 1 heterocycles. The van der Waals surface area contributed by atoms with Gasteiger partial charge in [0.25, 0.3) is 0 Å². The van der Waals surface area contributed by atoms with Crippen molar-refractivity contribution in [3.8, 4) is 0 Å². The minimum absolute atomic E-state index is 0. The number of aryl methyl sites for hydroxylation is 1. The molecule has 2 aliphatic rings. The van der Waals surface area contributed by atoms with Gasteiger partial charge in [0.05, 0.1) is 7.05 Å². The Balaban J connectivity index is 0.00000192. The zero-order chi connectivity index (χ0) is 15.7. The smallest absolute Gasteiger partial charge is 0.376 e. The van der Waals surface area contributed by atoms with Gasteiger partial charge < -0.3 is 21.8 Å². The first-order valence-corrected chi connectivity index (χ1v) is 7.43. The third kappa shape index (κ3) is 3.57. The predicted molar refractivity (Wildman–Crippen MR) is 74.6 cm³/mol. The number of hydrogen-bond donors (Lipinski definition) is 0. The van der Waals surface area contributed by atoms with Gasteiger partial charge in [-0.3, -0.25) is 9.59 Å². The summed E-state index contributed by atoms with van der Waals surface area (Å²) in [6.45, 7) is -0.0210. The van der Waals surface area contributed by atoms with Crippen LogP contribution in [0.1, 0.15) is 25.7 Å². The molecule has 0 radical (unpaired) electrons. The topological polar surface area (TPSA) is 81.6 Å². The molecule has 0 amide bonds. The van der Waals surface area contributed by atoms with Crippen molar-refractivity contribution in [2.75, 3.05) is 0 Å². The molecule has 3 rings (SSSR count). The van der Waals surface area contributed by atoms with Crippen molar-refractivity contribution in [2.24, 2.45) is 24.0 Å². The lowest BCUT2D eigenvalue weighted by molar-refractivity contribution is -0.671. The molecule has 1 aromatic heterocycles. The maximum absolute atomic E-state index is 12.2. The monoisotopic (exact) mass is 383 g/mol. The summed E-state index contributed by atoms with van der Waals surface area (Å²) >= 11 is 0. The Hall–Kier alpha value is -1.83. The first-order chi connectivity index (χ1) is 10.6. The summed E-state index contributed by atoms with van der Waals surface area (Å²) in [5, 5.41) is 3.56. The molecule has 1 aromatic rings. The molecule has 2 fully saturated rings. The standard InChI is InChI=1S/C15H18N3O4.BrH/c1-17-6-7-18(9-17)8-12(19)22-16-13-14(20)10-4-2-3-5-11(10)15(13)21;/h6-7,9-11H,2-5,8H2,1H3;1H/q+1;/p-1. The van der Waals surface area contributed by atoms with Crippen LogP contribution >= 0.6 is 0 Å². The predicted octanol–water partition coefficient (Wildman–Crippen LogP) is -2.83. The lowest BCUT2D eigenvalue weighted by Gasteiger charge is -2.20. The molecule has 23 heavy (non-hydrogen) atoms. The van der Waals surface area contributed by atoms with Crippen LogP contribution in [-0.4, -0.2) is 27.8 Å². The molecule has 2 atom stereocenters. The van der Waals surface area contributed by atoms with E-state index in [1.165, 1.54) is 0 Å². The van der Waals surface area contributed by atoms with E-state index < -0.39 is 5.97 Å². The van der Waals surface area contributed by atoms with Crippen molar-refractivity contribution in [3.63, 3.8) is 0 Å². The van der Waals surface area contributed by atoms with Crippen LogP contribution in [0.3, 0.4) is 0 Å². The number of halogens is 1. The number of hydrogen-bond acceptors (Lipinski definition) is 5. The molecule has 0 N–H and O–H groups in total. The van der Waals surface area contributed by atoms with E-state index >= 15 is 0 Å². The molecule has 0 aliphatic heterocycles. The van der Waals surface area contributed by atoms with Gasteiger partial charge in [0.15, 0.2) is 23.8 Å². The minimum atomic E-state index is -0.612. The highest BCUT2D eigenvalue weighted by atomic mass is 79.9. The van der Waals surface area contributed by atoms with Crippen molar-refractivity contribution in [3.05, 3.63) is 18.7 Å². The van der Waals surface area contributed by atoms with Crippen LogP contribution in [0.5, 0.6) is 0 Å². The molecular weight excluding hydrogens is 366 g/mol. The van der Waals surface area contributed by atoms with Gasteiger partial charge in [-0.25, -0.2) is 13.9 Å². The summed E-state index contributed by atoms with van der Waals surface area (Å²) in [7, 11) is 1.83. The van der Waals surface area contributed by atoms with Crippen LogP contribution in [0.2, 0.25) is 0 Å². The van der Waals surface area contributed by atoms with Crippen LogP contribution in [0.15, 0.2) is 23.9 Å². The molecule has 2 saturated carbocycles. The van der Waals surface area contributed by atoms with Crippen LogP contribution in [0.4, 0.5) is 0 Å². The SMILES string of the molecule is C[n+]1ccn(CC(=O)ON=C2C(=O)C3CCCCC3C2=O)c1.[Br-]. The first kappa shape index (κ1) is 17.5. The second-order valence-corrected chi connectivity index (χ2v) is 5.88. The van der Waals surface area contributed by atoms with Crippen LogP contribution in [0, 0.1) is 11.8 Å². The summed E-state index contributed by atoms with van der Waals surface area (Å²) in [4.78, 5) is 40.8. The fourth-order valence-electron chi connectivity index (χ4n) is 3.19. The number of imidazole rings is 1. The number of carbonyl (C=O) groups excluding carboxylic acids is 3. The number of fused-ring (bicyclic) bond motifs is 1. The number of ketones is 2.